The fourth-order valence-electron chi connectivity index (χ4n) is 1.82. The molecule has 1 heterocycles. The molecule has 0 aliphatic heterocycles. The van der Waals surface area contributed by atoms with Gasteiger partial charge in [-0.3, -0.25) is 4.21 Å². The van der Waals surface area contributed by atoms with Crippen LogP contribution in [0.25, 0.3) is 0 Å². The summed E-state index contributed by atoms with van der Waals surface area (Å²) < 4.78 is 14.3. The number of hydrogen-bond acceptors (Lipinski definition) is 2. The number of hydrogen-bond donors (Lipinski definition) is 0. The number of imidazole rings is 1. The second-order valence-electron chi connectivity index (χ2n) is 6.69. The Labute approximate surface area is 105 Å². The van der Waals surface area contributed by atoms with Crippen LogP contribution < -0.4 is 0 Å². The van der Waals surface area contributed by atoms with Gasteiger partial charge in [-0.15, -0.1) is 0 Å². The lowest BCUT2D eigenvalue weighted by molar-refractivity contribution is 0.332. The minimum Gasteiger partial charge on any atom is -0.316 e. The van der Waals surface area contributed by atoms with E-state index in [0.717, 1.165) is 5.69 Å². The highest BCUT2D eigenvalue weighted by Gasteiger charge is 2.29. The quantitative estimate of drug-likeness (QED) is 0.724. The fraction of sp³-hybridized carbons (Fsp3) is 0.692. The molecular formula is C13H24N2OS. The average Bonchev–Trinajstić information content (AvgIpc) is 2.42. The third-order valence-electron chi connectivity index (χ3n) is 2.55. The van der Waals surface area contributed by atoms with Gasteiger partial charge in [-0.25, -0.2) is 4.98 Å². The Morgan fingerprint density at radius 3 is 2.00 bits per heavy atom. The first-order chi connectivity index (χ1) is 7.35. The summed E-state index contributed by atoms with van der Waals surface area (Å²) in [7, 11) is -2.30. The highest BCUT2D eigenvalue weighted by molar-refractivity contribution is 7.99. The van der Waals surface area contributed by atoms with Crippen LogP contribution in [-0.4, -0.2) is 25.9 Å². The summed E-state index contributed by atoms with van der Waals surface area (Å²) in [6.45, 7) is 12.7. The van der Waals surface area contributed by atoms with Gasteiger partial charge in [-0.2, -0.15) is 0 Å². The van der Waals surface area contributed by atoms with Gasteiger partial charge in [-0.1, -0.05) is 20.8 Å². The molecule has 0 fully saturated rings. The molecule has 0 amide bonds. The second-order valence-corrected chi connectivity index (χ2v) is 9.06. The predicted octanol–water partition coefficient (Wildman–Crippen LogP) is 2.64. The third kappa shape index (κ3) is 2.92. The molecule has 17 heavy (non-hydrogen) atoms. The molecule has 0 N–H and O–H groups in total. The van der Waals surface area contributed by atoms with Gasteiger partial charge in [0, 0.05) is 32.4 Å². The highest BCUT2D eigenvalue weighted by atomic mass is 32.2. The summed E-state index contributed by atoms with van der Waals surface area (Å²) in [6.07, 6.45) is 3.47. The first kappa shape index (κ1) is 14.3. The lowest BCUT2D eigenvalue weighted by atomic mass is 9.91. The minimum atomic E-state index is -2.30. The third-order valence-corrected chi connectivity index (χ3v) is 3.62. The Morgan fingerprint density at radius 1 is 1.24 bits per heavy atom. The molecule has 1 aromatic rings. The summed E-state index contributed by atoms with van der Waals surface area (Å²) in [6, 6.07) is 0. The molecule has 1 atom stereocenters. The normalized spacial score (nSPS) is 16.9. The topological polar surface area (TPSA) is 34.9 Å². The van der Waals surface area contributed by atoms with Crippen LogP contribution in [0.1, 0.15) is 47.2 Å². The molecule has 0 aromatic carbocycles. The van der Waals surface area contributed by atoms with Crippen molar-refractivity contribution in [1.82, 2.24) is 9.55 Å². The molecule has 0 radical (unpaired) electrons. The maximum absolute atomic E-state index is 12.2. The first-order valence-electron chi connectivity index (χ1n) is 5.76. The van der Waals surface area contributed by atoms with E-state index in [-0.39, 0.29) is 11.0 Å². The summed E-state index contributed by atoms with van der Waals surface area (Å²) >= 11 is 0. The van der Waals surface area contributed by atoms with Crippen LogP contribution in [0.15, 0.2) is 11.4 Å². The lowest BCUT2D eigenvalue weighted by Crippen LogP contribution is -2.31. The first-order valence-corrected chi connectivity index (χ1v) is 7.89. The zero-order chi connectivity index (χ0) is 13.6. The maximum Gasteiger partial charge on any atom is 0.191 e. The molecular weight excluding hydrogens is 232 g/mol. The second kappa shape index (κ2) is 3.87. The van der Waals surface area contributed by atoms with Crippen LogP contribution >= 0.6 is 0 Å². The monoisotopic (exact) mass is 256 g/mol. The summed E-state index contributed by atoms with van der Waals surface area (Å²) in [5.74, 6) is 3.75. The fourth-order valence-corrected chi connectivity index (χ4v) is 2.85. The van der Waals surface area contributed by atoms with Crippen molar-refractivity contribution >= 4 is 15.4 Å². The number of rotatable bonds is 1. The van der Waals surface area contributed by atoms with Crippen LogP contribution in [-0.2, 0) is 20.5 Å². The molecule has 0 bridgehead atoms. The lowest BCUT2D eigenvalue weighted by Gasteiger charge is -2.31. The van der Waals surface area contributed by atoms with Crippen LogP contribution in [0.3, 0.4) is 0 Å². The van der Waals surface area contributed by atoms with E-state index in [0.29, 0.717) is 5.16 Å². The molecule has 0 aliphatic rings. The van der Waals surface area contributed by atoms with Crippen LogP contribution in [0, 0.1) is 0 Å². The standard InChI is InChI=1S/C13H24N2OS/c1-12(2,3)10-9-14-11(17(7,8)16)15(10)13(4,5)6/h9H,7H2,1-6,8H3. The summed E-state index contributed by atoms with van der Waals surface area (Å²) in [5.41, 5.74) is 0.923. The molecule has 0 saturated carbocycles. The largest absolute Gasteiger partial charge is 0.316 e. The molecule has 3 nitrogen and oxygen atoms in total. The molecule has 0 spiro atoms. The van der Waals surface area contributed by atoms with Gasteiger partial charge in [0.25, 0.3) is 0 Å². The van der Waals surface area contributed by atoms with Crippen molar-refractivity contribution < 1.29 is 4.21 Å². The maximum atomic E-state index is 12.2. The molecule has 98 valence electrons. The van der Waals surface area contributed by atoms with Gasteiger partial charge in [0.05, 0.1) is 6.20 Å². The Bertz CT molecular complexity index is 511. The van der Waals surface area contributed by atoms with Crippen molar-refractivity contribution in [2.75, 3.05) is 6.26 Å². The van der Waals surface area contributed by atoms with Gasteiger partial charge in [0.2, 0.25) is 0 Å². The van der Waals surface area contributed by atoms with Crippen LogP contribution in [0.2, 0.25) is 0 Å². The summed E-state index contributed by atoms with van der Waals surface area (Å²) in [4.78, 5) is 4.35. The van der Waals surface area contributed by atoms with E-state index in [4.69, 9.17) is 0 Å². The molecule has 4 heteroatoms. The predicted molar refractivity (Wildman–Crippen MR) is 75.4 cm³/mol. The Hall–Kier alpha value is -0.770. The van der Waals surface area contributed by atoms with Crippen molar-refractivity contribution in [3.63, 3.8) is 0 Å². The van der Waals surface area contributed by atoms with Crippen molar-refractivity contribution in [1.29, 1.82) is 0 Å². The van der Waals surface area contributed by atoms with Crippen molar-refractivity contribution in [2.45, 2.75) is 57.7 Å². The SMILES string of the molecule is C=S(C)(=O)c1ncc(C(C)(C)C)n1C(C)(C)C. The molecule has 0 saturated heterocycles. The van der Waals surface area contributed by atoms with E-state index in [2.05, 4.69) is 57.0 Å². The van der Waals surface area contributed by atoms with E-state index >= 15 is 0 Å². The zero-order valence-corrected chi connectivity index (χ0v) is 12.8. The van der Waals surface area contributed by atoms with E-state index in [9.17, 15) is 4.21 Å². The van der Waals surface area contributed by atoms with Crippen molar-refractivity contribution in [2.24, 2.45) is 0 Å². The van der Waals surface area contributed by atoms with E-state index < -0.39 is 9.52 Å². The van der Waals surface area contributed by atoms with Gasteiger partial charge in [0.15, 0.2) is 5.16 Å². The summed E-state index contributed by atoms with van der Waals surface area (Å²) in [5, 5.41) is 0.593. The van der Waals surface area contributed by atoms with Gasteiger partial charge in [0.1, 0.15) is 0 Å². The highest BCUT2D eigenvalue weighted by Crippen LogP contribution is 2.30. The van der Waals surface area contributed by atoms with Crippen LogP contribution in [0.4, 0.5) is 0 Å². The molecule has 0 aliphatic carbocycles. The van der Waals surface area contributed by atoms with E-state index in [1.165, 1.54) is 0 Å². The number of aromatic nitrogens is 2. The Balaban J connectivity index is 3.65. The zero-order valence-electron chi connectivity index (χ0n) is 12.0. The van der Waals surface area contributed by atoms with Gasteiger partial charge in [-0.05, 0) is 26.6 Å². The van der Waals surface area contributed by atoms with Crippen molar-refractivity contribution in [3.8, 4) is 0 Å². The molecule has 1 rings (SSSR count). The Morgan fingerprint density at radius 2 is 1.71 bits per heavy atom. The van der Waals surface area contributed by atoms with E-state index in [1.807, 2.05) is 6.20 Å². The van der Waals surface area contributed by atoms with Crippen molar-refractivity contribution in [3.05, 3.63) is 11.9 Å². The molecule has 1 unspecified atom stereocenters. The Kier molecular flexibility index (Phi) is 3.25. The number of nitrogens with zero attached hydrogens (tertiary/aromatic N) is 2. The van der Waals surface area contributed by atoms with Gasteiger partial charge >= 0.3 is 0 Å². The van der Waals surface area contributed by atoms with E-state index in [1.54, 1.807) is 6.26 Å². The van der Waals surface area contributed by atoms with Crippen LogP contribution in [0.5, 0.6) is 0 Å². The molecule has 1 aromatic heterocycles. The minimum absolute atomic E-state index is 0.0246. The smallest absolute Gasteiger partial charge is 0.191 e. The average molecular weight is 256 g/mol. The van der Waals surface area contributed by atoms with Gasteiger partial charge < -0.3 is 4.57 Å².